The fourth-order valence-electron chi connectivity index (χ4n) is 12.8. The fourth-order valence-corrected chi connectivity index (χ4v) is 12.8. The smallest absolute Gasteiger partial charge is 0.331 e. The number of phenolic OH excluding ortho intramolecular Hbond substituents is 1. The lowest BCUT2D eigenvalue weighted by atomic mass is 9.32. The number of hydrogen-bond acceptors (Lipinski definition) is 5. The zero-order valence-corrected chi connectivity index (χ0v) is 29.2. The minimum Gasteiger partial charge on any atom is -0.504 e. The molecule has 10 atom stereocenters. The van der Waals surface area contributed by atoms with E-state index in [0.717, 1.165) is 69.8 Å². The van der Waals surface area contributed by atoms with Gasteiger partial charge in [0.1, 0.15) is 6.10 Å². The van der Waals surface area contributed by atoms with Crippen molar-refractivity contribution in [2.75, 3.05) is 7.11 Å². The molecule has 0 radical (unpaired) electrons. The first-order valence-corrected chi connectivity index (χ1v) is 17.7. The Morgan fingerprint density at radius 1 is 0.913 bits per heavy atom. The van der Waals surface area contributed by atoms with Gasteiger partial charge in [-0.25, -0.2) is 4.79 Å². The van der Waals surface area contributed by atoms with Gasteiger partial charge in [-0.1, -0.05) is 52.8 Å². The van der Waals surface area contributed by atoms with Crippen LogP contribution in [0.3, 0.4) is 0 Å². The van der Waals surface area contributed by atoms with Crippen LogP contribution in [0.4, 0.5) is 0 Å². The zero-order chi connectivity index (χ0) is 33.4. The number of hydrogen-bond donors (Lipinski definition) is 2. The molecule has 0 aliphatic heterocycles. The third-order valence-corrected chi connectivity index (χ3v) is 15.3. The predicted octanol–water partition coefficient (Wildman–Crippen LogP) is 9.07. The van der Waals surface area contributed by atoms with Crippen molar-refractivity contribution in [3.8, 4) is 11.5 Å². The molecule has 0 bridgehead atoms. The normalized spacial score (nSPS) is 42.7. The number of ether oxygens (including phenoxy) is 2. The third kappa shape index (κ3) is 4.62. The van der Waals surface area contributed by atoms with Crippen LogP contribution in [0.25, 0.3) is 6.08 Å². The lowest BCUT2D eigenvalue weighted by molar-refractivity contribution is -0.250. The molecule has 6 rings (SSSR count). The van der Waals surface area contributed by atoms with E-state index >= 15 is 0 Å². The van der Waals surface area contributed by atoms with Gasteiger partial charge in [-0.05, 0) is 141 Å². The van der Waals surface area contributed by atoms with E-state index in [1.54, 1.807) is 24.3 Å². The molecular formula is C40H56O6. The number of aromatic hydroxyl groups is 1. The van der Waals surface area contributed by atoms with Crippen molar-refractivity contribution in [1.29, 1.82) is 0 Å². The van der Waals surface area contributed by atoms with E-state index in [1.165, 1.54) is 18.8 Å². The summed E-state index contributed by atoms with van der Waals surface area (Å²) >= 11 is 0. The maximum atomic E-state index is 13.1. The molecule has 6 nitrogen and oxygen atoms in total. The maximum absolute atomic E-state index is 13.1. The van der Waals surface area contributed by atoms with E-state index in [0.29, 0.717) is 29.4 Å². The predicted molar refractivity (Wildman–Crippen MR) is 180 cm³/mol. The summed E-state index contributed by atoms with van der Waals surface area (Å²) in [5, 5.41) is 20.5. The van der Waals surface area contributed by atoms with Crippen LogP contribution >= 0.6 is 0 Å². The lowest BCUT2D eigenvalue weighted by Crippen LogP contribution is -2.67. The van der Waals surface area contributed by atoms with Gasteiger partial charge in [0.2, 0.25) is 0 Å². The van der Waals surface area contributed by atoms with Crippen molar-refractivity contribution >= 4 is 18.0 Å². The number of carbonyl (C=O) groups is 2. The summed E-state index contributed by atoms with van der Waals surface area (Å²) < 4.78 is 11.4. The quantitative estimate of drug-likeness (QED) is 0.185. The summed E-state index contributed by atoms with van der Waals surface area (Å²) in [5.74, 6) is 1.42. The number of aliphatic carboxylic acids is 1. The Kier molecular flexibility index (Phi) is 8.04. The number of carbonyl (C=O) groups excluding carboxylic acids is 1. The lowest BCUT2D eigenvalue weighted by Gasteiger charge is -2.72. The van der Waals surface area contributed by atoms with Gasteiger partial charge in [0.15, 0.2) is 11.5 Å². The molecule has 252 valence electrons. The molecule has 0 spiro atoms. The van der Waals surface area contributed by atoms with Crippen molar-refractivity contribution in [3.05, 3.63) is 42.0 Å². The van der Waals surface area contributed by atoms with E-state index < -0.39 is 11.4 Å². The molecule has 1 aromatic carbocycles. The van der Waals surface area contributed by atoms with Gasteiger partial charge in [-0.15, -0.1) is 0 Å². The van der Waals surface area contributed by atoms with Crippen molar-refractivity contribution in [2.45, 2.75) is 112 Å². The van der Waals surface area contributed by atoms with Gasteiger partial charge in [0.05, 0.1) is 12.5 Å². The van der Waals surface area contributed by atoms with Gasteiger partial charge in [0, 0.05) is 11.5 Å². The first-order chi connectivity index (χ1) is 21.5. The second kappa shape index (κ2) is 11.2. The standard InChI is InChI=1S/C40H56O6/c1-24(2)26-15-20-40(35(43)44)22-21-38(6)27(34(26)40)11-13-31-37(5)18-17-32(36(3,4)30(37)16-19-39(31,38)7)46-33(42)14-10-25-9-12-28(41)29(23-25)45-8/h9-10,12,14,23,26-27,30-32,34,41H,1,11,13,15-22H2,2-8H3,(H,43,44)/b14-10-/t26-,27?,30?,31?,32-,34?,37-,38+,39+,40-/m0/s1. The average molecular weight is 633 g/mol. The van der Waals surface area contributed by atoms with E-state index in [9.17, 15) is 19.8 Å². The van der Waals surface area contributed by atoms with Crippen molar-refractivity contribution in [2.24, 2.45) is 56.7 Å². The molecule has 0 amide bonds. The first-order valence-electron chi connectivity index (χ1n) is 17.7. The highest BCUT2D eigenvalue weighted by atomic mass is 16.5. The summed E-state index contributed by atoms with van der Waals surface area (Å²) in [6, 6.07) is 5.00. The second-order valence-electron chi connectivity index (χ2n) is 17.2. The first kappa shape index (κ1) is 33.2. The molecule has 1 aromatic rings. The van der Waals surface area contributed by atoms with Gasteiger partial charge < -0.3 is 19.7 Å². The number of methoxy groups -OCH3 is 1. The molecule has 6 heteroatoms. The van der Waals surface area contributed by atoms with Crippen LogP contribution in [-0.2, 0) is 14.3 Å². The summed E-state index contributed by atoms with van der Waals surface area (Å²) in [6.07, 6.45) is 13.0. The molecule has 5 aliphatic rings. The van der Waals surface area contributed by atoms with Crippen LogP contribution in [0.5, 0.6) is 11.5 Å². The van der Waals surface area contributed by atoms with Crippen molar-refractivity contribution < 1.29 is 29.3 Å². The Morgan fingerprint density at radius 2 is 1.65 bits per heavy atom. The van der Waals surface area contributed by atoms with Gasteiger partial charge in [0.25, 0.3) is 0 Å². The molecule has 5 saturated carbocycles. The molecule has 0 saturated heterocycles. The number of carboxylic acid groups (broad SMARTS) is 1. The Bertz CT molecular complexity index is 1440. The Labute approximate surface area is 276 Å². The second-order valence-corrected chi connectivity index (χ2v) is 17.2. The van der Waals surface area contributed by atoms with Gasteiger partial charge in [-0.2, -0.15) is 0 Å². The van der Waals surface area contributed by atoms with Crippen LogP contribution < -0.4 is 4.74 Å². The van der Waals surface area contributed by atoms with Gasteiger partial charge >= 0.3 is 11.9 Å². The summed E-state index contributed by atoms with van der Waals surface area (Å²) in [6.45, 7) is 18.8. The monoisotopic (exact) mass is 632 g/mol. The SMILES string of the molecule is C=C(C)[C@@H]1CC[C@]2(C(=O)O)CC[C@]3(C)C(CCC4[C@@]5(C)CC[C@H](OC(=O)/C=C\c6ccc(O)c(OC)c6)C(C)(C)C5CC[C@]43C)C12. The fraction of sp³-hybridized carbons (Fsp3) is 0.700. The molecule has 0 heterocycles. The highest BCUT2D eigenvalue weighted by Crippen LogP contribution is 2.77. The maximum Gasteiger partial charge on any atom is 0.331 e. The van der Waals surface area contributed by atoms with Crippen LogP contribution in [0.2, 0.25) is 0 Å². The molecule has 46 heavy (non-hydrogen) atoms. The van der Waals surface area contributed by atoms with E-state index in [1.807, 2.05) is 0 Å². The Hall–Kier alpha value is -2.76. The average Bonchev–Trinajstić information content (AvgIpc) is 3.40. The molecular weight excluding hydrogens is 576 g/mol. The van der Waals surface area contributed by atoms with Crippen LogP contribution in [-0.4, -0.2) is 35.4 Å². The highest BCUT2D eigenvalue weighted by Gasteiger charge is 2.72. The largest absolute Gasteiger partial charge is 0.504 e. The summed E-state index contributed by atoms with van der Waals surface area (Å²) in [5.41, 5.74) is 1.54. The van der Waals surface area contributed by atoms with Crippen LogP contribution in [0.1, 0.15) is 111 Å². The number of fused-ring (bicyclic) bond motifs is 7. The Balaban J connectivity index is 1.23. The molecule has 4 unspecified atom stereocenters. The molecule has 5 fully saturated rings. The number of carboxylic acids is 1. The van der Waals surface area contributed by atoms with Crippen LogP contribution in [0, 0.1) is 56.7 Å². The minimum absolute atomic E-state index is 0.0618. The molecule has 2 N–H and O–H groups in total. The van der Waals surface area contributed by atoms with Gasteiger partial charge in [-0.3, -0.25) is 4.79 Å². The number of esters is 1. The number of benzene rings is 1. The van der Waals surface area contributed by atoms with Crippen molar-refractivity contribution in [1.82, 2.24) is 0 Å². The highest BCUT2D eigenvalue weighted by molar-refractivity contribution is 5.87. The number of allylic oxidation sites excluding steroid dienone is 1. The minimum atomic E-state index is -0.592. The number of phenols is 1. The number of rotatable bonds is 6. The summed E-state index contributed by atoms with van der Waals surface area (Å²) in [4.78, 5) is 26.1. The third-order valence-electron chi connectivity index (χ3n) is 15.3. The zero-order valence-electron chi connectivity index (χ0n) is 29.2. The summed E-state index contributed by atoms with van der Waals surface area (Å²) in [7, 11) is 1.50. The molecule has 5 aliphatic carbocycles. The Morgan fingerprint density at radius 3 is 2.33 bits per heavy atom. The molecule has 0 aromatic heterocycles. The van der Waals surface area contributed by atoms with E-state index in [2.05, 4.69) is 48.1 Å². The van der Waals surface area contributed by atoms with Crippen LogP contribution in [0.15, 0.2) is 36.4 Å². The van der Waals surface area contributed by atoms with Crippen molar-refractivity contribution in [3.63, 3.8) is 0 Å². The van der Waals surface area contributed by atoms with E-state index in [-0.39, 0.29) is 45.4 Å². The topological polar surface area (TPSA) is 93.1 Å². The van der Waals surface area contributed by atoms with E-state index in [4.69, 9.17) is 9.47 Å².